The maximum Gasteiger partial charge on any atom is 0.261 e. The van der Waals surface area contributed by atoms with Crippen LogP contribution in [0.5, 0.6) is 11.5 Å². The number of rotatable bonds is 3. The highest BCUT2D eigenvalue weighted by molar-refractivity contribution is 7.92. The van der Waals surface area contributed by atoms with Gasteiger partial charge in [-0.05, 0) is 79.3 Å². The van der Waals surface area contributed by atoms with Crippen molar-refractivity contribution in [3.8, 4) is 11.5 Å². The molecule has 1 heterocycles. The molecule has 0 aromatic heterocycles. The number of carbonyl (C=O) groups excluding carboxylic acids is 1. The topological polar surface area (TPSA) is 75.7 Å². The van der Waals surface area contributed by atoms with Gasteiger partial charge in [-0.1, -0.05) is 18.2 Å². The number of ether oxygens (including phenoxy) is 1. The van der Waals surface area contributed by atoms with E-state index in [9.17, 15) is 13.2 Å². The first-order chi connectivity index (χ1) is 14.9. The molecule has 5 rings (SSSR count). The monoisotopic (exact) mass is 434 g/mol. The smallest absolute Gasteiger partial charge is 0.261 e. The van der Waals surface area contributed by atoms with E-state index in [-0.39, 0.29) is 10.8 Å². The van der Waals surface area contributed by atoms with E-state index in [1.807, 2.05) is 18.2 Å². The molecule has 0 saturated carbocycles. The predicted molar refractivity (Wildman–Crippen MR) is 120 cm³/mol. The Morgan fingerprint density at radius 1 is 0.903 bits per heavy atom. The number of fused-ring (bicyclic) bond motifs is 3. The third-order valence-electron chi connectivity index (χ3n) is 5.84. The standard InChI is InChI=1S/C24H22N2O4S/c1-26-21-8-4-5-9-23(21)30-22-13-11-18(15-20(22)24(26)27)25-31(28,29)19-12-10-16-6-2-3-7-17(16)14-19/h4-5,8-15,25H,2-3,6-7H2,1H3. The molecule has 1 aliphatic carbocycles. The molecule has 1 N–H and O–H groups in total. The van der Waals surface area contributed by atoms with Gasteiger partial charge >= 0.3 is 0 Å². The van der Waals surface area contributed by atoms with Gasteiger partial charge in [0.1, 0.15) is 5.75 Å². The Bertz CT molecular complexity index is 1300. The molecule has 158 valence electrons. The number of nitrogens with one attached hydrogen (secondary N) is 1. The summed E-state index contributed by atoms with van der Waals surface area (Å²) >= 11 is 0. The van der Waals surface area contributed by atoms with Crippen LogP contribution in [0.1, 0.15) is 34.3 Å². The second-order valence-corrected chi connectivity index (χ2v) is 9.57. The normalized spacial score (nSPS) is 15.3. The Morgan fingerprint density at radius 2 is 1.68 bits per heavy atom. The van der Waals surface area contributed by atoms with Crippen molar-refractivity contribution in [3.05, 3.63) is 77.4 Å². The molecular weight excluding hydrogens is 412 g/mol. The third-order valence-corrected chi connectivity index (χ3v) is 7.22. The lowest BCUT2D eigenvalue weighted by atomic mass is 9.92. The number of para-hydroxylation sites is 2. The number of hydrogen-bond donors (Lipinski definition) is 1. The minimum atomic E-state index is -3.78. The molecule has 6 nitrogen and oxygen atoms in total. The molecule has 1 amide bonds. The average molecular weight is 435 g/mol. The summed E-state index contributed by atoms with van der Waals surface area (Å²) in [4.78, 5) is 14.8. The first-order valence-electron chi connectivity index (χ1n) is 10.3. The second-order valence-electron chi connectivity index (χ2n) is 7.89. The highest BCUT2D eigenvalue weighted by Gasteiger charge is 2.26. The number of hydrogen-bond acceptors (Lipinski definition) is 4. The van der Waals surface area contributed by atoms with Gasteiger partial charge in [0.15, 0.2) is 5.75 Å². The van der Waals surface area contributed by atoms with Crippen molar-refractivity contribution in [1.29, 1.82) is 0 Å². The number of carbonyl (C=O) groups is 1. The van der Waals surface area contributed by atoms with Crippen LogP contribution in [0.2, 0.25) is 0 Å². The summed E-state index contributed by atoms with van der Waals surface area (Å²) in [5, 5.41) is 0. The molecule has 0 radical (unpaired) electrons. The average Bonchev–Trinajstić information content (AvgIpc) is 2.88. The van der Waals surface area contributed by atoms with Gasteiger partial charge in [0, 0.05) is 12.7 Å². The van der Waals surface area contributed by atoms with Gasteiger partial charge in [0.2, 0.25) is 0 Å². The third kappa shape index (κ3) is 3.55. The summed E-state index contributed by atoms with van der Waals surface area (Å²) in [6, 6.07) is 17.3. The molecule has 3 aromatic rings. The fraction of sp³-hybridized carbons (Fsp3) is 0.208. The Morgan fingerprint density at radius 3 is 2.52 bits per heavy atom. The second kappa shape index (κ2) is 7.42. The zero-order valence-corrected chi connectivity index (χ0v) is 17.9. The maximum atomic E-state index is 13.0. The van der Waals surface area contributed by atoms with E-state index in [4.69, 9.17) is 4.74 Å². The SMILES string of the molecule is CN1C(=O)c2cc(NS(=O)(=O)c3ccc4c(c3)CCCC4)ccc2Oc2ccccc21. The lowest BCUT2D eigenvalue weighted by Crippen LogP contribution is -2.25. The lowest BCUT2D eigenvalue weighted by Gasteiger charge is -2.17. The molecule has 0 atom stereocenters. The highest BCUT2D eigenvalue weighted by atomic mass is 32.2. The number of aryl methyl sites for hydroxylation is 2. The molecule has 7 heteroatoms. The van der Waals surface area contributed by atoms with Gasteiger partial charge in [-0.15, -0.1) is 0 Å². The molecule has 0 fully saturated rings. The van der Waals surface area contributed by atoms with Gasteiger partial charge in [-0.2, -0.15) is 0 Å². The van der Waals surface area contributed by atoms with Crippen LogP contribution in [0, 0.1) is 0 Å². The summed E-state index contributed by atoms with van der Waals surface area (Å²) in [5.74, 6) is 0.688. The first-order valence-corrected chi connectivity index (χ1v) is 11.7. The van der Waals surface area contributed by atoms with Crippen LogP contribution in [-0.4, -0.2) is 21.4 Å². The number of nitrogens with zero attached hydrogens (tertiary/aromatic N) is 1. The number of amides is 1. The maximum absolute atomic E-state index is 13.0. The zero-order valence-electron chi connectivity index (χ0n) is 17.1. The van der Waals surface area contributed by atoms with Crippen LogP contribution in [0.4, 0.5) is 11.4 Å². The number of benzene rings is 3. The first kappa shape index (κ1) is 19.6. The minimum Gasteiger partial charge on any atom is -0.454 e. The van der Waals surface area contributed by atoms with Crippen molar-refractivity contribution in [3.63, 3.8) is 0 Å². The molecule has 0 unspecified atom stereocenters. The number of anilines is 2. The van der Waals surface area contributed by atoms with Crippen LogP contribution in [0.25, 0.3) is 0 Å². The fourth-order valence-corrected chi connectivity index (χ4v) is 5.27. The van der Waals surface area contributed by atoms with Crippen molar-refractivity contribution in [2.75, 3.05) is 16.7 Å². The van der Waals surface area contributed by atoms with Crippen molar-refractivity contribution in [2.45, 2.75) is 30.6 Å². The van der Waals surface area contributed by atoms with Crippen molar-refractivity contribution >= 4 is 27.3 Å². The molecule has 3 aromatic carbocycles. The van der Waals surface area contributed by atoms with Gasteiger partial charge in [-0.3, -0.25) is 9.52 Å². The van der Waals surface area contributed by atoms with E-state index >= 15 is 0 Å². The van der Waals surface area contributed by atoms with E-state index in [2.05, 4.69) is 4.72 Å². The molecule has 31 heavy (non-hydrogen) atoms. The largest absolute Gasteiger partial charge is 0.454 e. The Labute approximate surface area is 181 Å². The van der Waals surface area contributed by atoms with E-state index in [0.717, 1.165) is 31.2 Å². The summed E-state index contributed by atoms with van der Waals surface area (Å²) in [5.41, 5.74) is 3.58. The van der Waals surface area contributed by atoms with E-state index in [0.29, 0.717) is 28.4 Å². The van der Waals surface area contributed by atoms with Gasteiger partial charge in [-0.25, -0.2) is 8.42 Å². The van der Waals surface area contributed by atoms with Crippen LogP contribution in [0.15, 0.2) is 65.6 Å². The van der Waals surface area contributed by atoms with Crippen LogP contribution in [-0.2, 0) is 22.9 Å². The Balaban J connectivity index is 1.47. The van der Waals surface area contributed by atoms with Gasteiger partial charge in [0.25, 0.3) is 15.9 Å². The fourth-order valence-electron chi connectivity index (χ4n) is 4.17. The summed E-state index contributed by atoms with van der Waals surface area (Å²) in [6.07, 6.45) is 4.11. The lowest BCUT2D eigenvalue weighted by molar-refractivity contribution is 0.0993. The van der Waals surface area contributed by atoms with Crippen molar-refractivity contribution in [2.24, 2.45) is 0 Å². The molecular formula is C24H22N2O4S. The molecule has 0 spiro atoms. The van der Waals surface area contributed by atoms with Gasteiger partial charge in [0.05, 0.1) is 16.1 Å². The highest BCUT2D eigenvalue weighted by Crippen LogP contribution is 2.39. The van der Waals surface area contributed by atoms with E-state index in [1.165, 1.54) is 16.5 Å². The zero-order chi connectivity index (χ0) is 21.6. The molecule has 1 aliphatic heterocycles. The molecule has 0 saturated heterocycles. The van der Waals surface area contributed by atoms with Crippen molar-refractivity contribution in [1.82, 2.24) is 0 Å². The van der Waals surface area contributed by atoms with Crippen molar-refractivity contribution < 1.29 is 17.9 Å². The summed E-state index contributed by atoms with van der Waals surface area (Å²) < 4.78 is 34.6. The van der Waals surface area contributed by atoms with Crippen LogP contribution in [0.3, 0.4) is 0 Å². The minimum absolute atomic E-state index is 0.232. The quantitative estimate of drug-likeness (QED) is 0.646. The van der Waals surface area contributed by atoms with E-state index < -0.39 is 10.0 Å². The Kier molecular flexibility index (Phi) is 4.70. The van der Waals surface area contributed by atoms with Crippen LogP contribution >= 0.6 is 0 Å². The molecule has 0 bridgehead atoms. The number of sulfonamides is 1. The van der Waals surface area contributed by atoms with Gasteiger partial charge < -0.3 is 9.64 Å². The van der Waals surface area contributed by atoms with E-state index in [1.54, 1.807) is 43.4 Å². The van der Waals surface area contributed by atoms with Crippen LogP contribution < -0.4 is 14.4 Å². The predicted octanol–water partition coefficient (Wildman–Crippen LogP) is 4.75. The molecule has 2 aliphatic rings. The Hall–Kier alpha value is -3.32. The summed E-state index contributed by atoms with van der Waals surface area (Å²) in [7, 11) is -2.11. The summed E-state index contributed by atoms with van der Waals surface area (Å²) in [6.45, 7) is 0.